The number of aliphatic hydroxyl groups excluding tert-OH is 2. The van der Waals surface area contributed by atoms with Crippen molar-refractivity contribution in [2.45, 2.75) is 18.6 Å². The summed E-state index contributed by atoms with van der Waals surface area (Å²) < 4.78 is 0. The number of carboxylic acids is 1. The Kier molecular flexibility index (Phi) is 3.78. The summed E-state index contributed by atoms with van der Waals surface area (Å²) in [7, 11) is 0. The molecule has 0 radical (unpaired) electrons. The second-order valence-corrected chi connectivity index (χ2v) is 3.10. The van der Waals surface area contributed by atoms with Crippen molar-refractivity contribution < 1.29 is 20.1 Å². The van der Waals surface area contributed by atoms with Gasteiger partial charge in [0, 0.05) is 5.56 Å². The Morgan fingerprint density at radius 2 is 2.27 bits per heavy atom. The van der Waals surface area contributed by atoms with E-state index in [0.717, 1.165) is 0 Å². The van der Waals surface area contributed by atoms with Gasteiger partial charge in [0.2, 0.25) is 0 Å². The van der Waals surface area contributed by atoms with E-state index < -0.39 is 18.2 Å². The first-order valence-electron chi connectivity index (χ1n) is 4.40. The average Bonchev–Trinajstić information content (AvgIpc) is 2.65. The van der Waals surface area contributed by atoms with E-state index in [9.17, 15) is 15.0 Å². The van der Waals surface area contributed by atoms with E-state index >= 15 is 0 Å². The van der Waals surface area contributed by atoms with E-state index in [0.29, 0.717) is 0 Å². The van der Waals surface area contributed by atoms with E-state index in [2.05, 4.69) is 10.2 Å². The second kappa shape index (κ2) is 4.87. The highest BCUT2D eigenvalue weighted by Gasteiger charge is 2.24. The third kappa shape index (κ3) is 2.52. The molecule has 1 aromatic rings. The molecule has 0 aliphatic rings. The number of nitrogens with one attached hydrogen (secondary N) is 1. The van der Waals surface area contributed by atoms with Crippen molar-refractivity contribution in [3.63, 3.8) is 0 Å². The lowest BCUT2D eigenvalue weighted by Gasteiger charge is -2.16. The fourth-order valence-electron chi connectivity index (χ4n) is 1.23. The van der Waals surface area contributed by atoms with E-state index in [-0.39, 0.29) is 24.2 Å². The summed E-state index contributed by atoms with van der Waals surface area (Å²) >= 11 is 0. The molecular formula is C8H13N3O4. The van der Waals surface area contributed by atoms with Crippen LogP contribution in [0, 0.1) is 0 Å². The lowest BCUT2D eigenvalue weighted by molar-refractivity contribution is 0.0141. The van der Waals surface area contributed by atoms with Gasteiger partial charge in [-0.1, -0.05) is 0 Å². The number of nitrogens with zero attached hydrogens (tertiary/aromatic N) is 1. The molecule has 0 bridgehead atoms. The van der Waals surface area contributed by atoms with E-state index in [1.165, 1.54) is 6.20 Å². The number of hydrogen-bond donors (Lipinski definition) is 5. The first kappa shape index (κ1) is 11.6. The van der Waals surface area contributed by atoms with Gasteiger partial charge in [-0.2, -0.15) is 5.10 Å². The van der Waals surface area contributed by atoms with Crippen LogP contribution in [0.4, 0.5) is 0 Å². The highest BCUT2D eigenvalue weighted by molar-refractivity contribution is 5.87. The van der Waals surface area contributed by atoms with Gasteiger partial charge in [-0.15, -0.1) is 0 Å². The SMILES string of the molecule is NCCC(O)C(O)c1cn[nH]c1C(=O)O. The maximum atomic E-state index is 10.7. The predicted octanol–water partition coefficient (Wildman–Crippen LogP) is -1.15. The molecule has 1 heterocycles. The zero-order valence-corrected chi connectivity index (χ0v) is 7.92. The molecule has 2 unspecified atom stereocenters. The standard InChI is InChI=1S/C8H13N3O4/c9-2-1-5(12)7(13)4-3-10-11-6(4)8(14)15/h3,5,7,12-13H,1-2,9H2,(H,10,11)(H,14,15). The Morgan fingerprint density at radius 1 is 1.60 bits per heavy atom. The molecule has 1 aromatic heterocycles. The van der Waals surface area contributed by atoms with Crippen LogP contribution in [0.15, 0.2) is 6.20 Å². The van der Waals surface area contributed by atoms with Gasteiger partial charge < -0.3 is 21.1 Å². The second-order valence-electron chi connectivity index (χ2n) is 3.10. The minimum Gasteiger partial charge on any atom is -0.477 e. The summed E-state index contributed by atoms with van der Waals surface area (Å²) in [6.45, 7) is 0.207. The van der Waals surface area contributed by atoms with Gasteiger partial charge >= 0.3 is 5.97 Å². The summed E-state index contributed by atoms with van der Waals surface area (Å²) in [5.74, 6) is -1.23. The Bertz CT molecular complexity index is 338. The summed E-state index contributed by atoms with van der Waals surface area (Å²) in [6.07, 6.45) is -1.02. The molecule has 0 aliphatic heterocycles. The largest absolute Gasteiger partial charge is 0.477 e. The molecule has 0 spiro atoms. The fraction of sp³-hybridized carbons (Fsp3) is 0.500. The lowest BCUT2D eigenvalue weighted by atomic mass is 10.0. The number of aromatic amines is 1. The number of hydrogen-bond acceptors (Lipinski definition) is 5. The molecule has 7 nitrogen and oxygen atoms in total. The van der Waals surface area contributed by atoms with Gasteiger partial charge in [-0.3, -0.25) is 5.10 Å². The first-order valence-corrected chi connectivity index (χ1v) is 4.40. The molecule has 1 rings (SSSR count). The maximum absolute atomic E-state index is 10.7. The van der Waals surface area contributed by atoms with Gasteiger partial charge in [0.05, 0.1) is 12.3 Å². The Labute approximate surface area is 85.5 Å². The summed E-state index contributed by atoms with van der Waals surface area (Å²) in [6, 6.07) is 0. The van der Waals surface area contributed by atoms with E-state index in [1.54, 1.807) is 0 Å². The third-order valence-corrected chi connectivity index (χ3v) is 2.03. The van der Waals surface area contributed by atoms with Crippen LogP contribution in [0.25, 0.3) is 0 Å². The molecule has 6 N–H and O–H groups in total. The summed E-state index contributed by atoms with van der Waals surface area (Å²) in [5, 5.41) is 33.5. The summed E-state index contributed by atoms with van der Waals surface area (Å²) in [5.41, 5.74) is 5.04. The van der Waals surface area contributed by atoms with Gasteiger partial charge in [0.15, 0.2) is 0 Å². The minimum absolute atomic E-state index is 0.0588. The van der Waals surface area contributed by atoms with Crippen molar-refractivity contribution in [2.75, 3.05) is 6.54 Å². The van der Waals surface area contributed by atoms with Crippen molar-refractivity contribution in [3.8, 4) is 0 Å². The first-order chi connectivity index (χ1) is 7.07. The molecule has 0 saturated heterocycles. The van der Waals surface area contributed by atoms with Crippen LogP contribution in [0.2, 0.25) is 0 Å². The number of aliphatic hydroxyl groups is 2. The molecule has 0 saturated carbocycles. The number of rotatable bonds is 5. The van der Waals surface area contributed by atoms with Crippen molar-refractivity contribution in [3.05, 3.63) is 17.5 Å². The van der Waals surface area contributed by atoms with Crippen LogP contribution in [0.5, 0.6) is 0 Å². The van der Waals surface area contributed by atoms with Gasteiger partial charge in [-0.05, 0) is 13.0 Å². The quantitative estimate of drug-likeness (QED) is 0.421. The highest BCUT2D eigenvalue weighted by atomic mass is 16.4. The minimum atomic E-state index is -1.29. The van der Waals surface area contributed by atoms with Crippen LogP contribution in [0.1, 0.15) is 28.6 Å². The average molecular weight is 215 g/mol. The number of aromatic carboxylic acids is 1. The van der Waals surface area contributed by atoms with E-state index in [4.69, 9.17) is 10.8 Å². The Hall–Kier alpha value is -1.44. The molecule has 0 aromatic carbocycles. The molecule has 7 heteroatoms. The van der Waals surface area contributed by atoms with Crippen LogP contribution >= 0.6 is 0 Å². The monoisotopic (exact) mass is 215 g/mol. The molecule has 0 amide bonds. The Balaban J connectivity index is 2.85. The number of carbonyl (C=O) groups is 1. The predicted molar refractivity (Wildman–Crippen MR) is 50.2 cm³/mol. The van der Waals surface area contributed by atoms with Crippen molar-refractivity contribution in [1.29, 1.82) is 0 Å². The van der Waals surface area contributed by atoms with Gasteiger partial charge in [0.25, 0.3) is 0 Å². The number of nitrogens with two attached hydrogens (primary N) is 1. The molecule has 0 aliphatic carbocycles. The molecule has 0 fully saturated rings. The van der Waals surface area contributed by atoms with Crippen LogP contribution in [0.3, 0.4) is 0 Å². The van der Waals surface area contributed by atoms with Gasteiger partial charge in [0.1, 0.15) is 11.8 Å². The lowest BCUT2D eigenvalue weighted by Crippen LogP contribution is -2.23. The topological polar surface area (TPSA) is 132 Å². The number of aromatic nitrogens is 2. The molecule has 2 atom stereocenters. The number of H-pyrrole nitrogens is 1. The van der Waals surface area contributed by atoms with Crippen LogP contribution in [-0.4, -0.2) is 44.1 Å². The third-order valence-electron chi connectivity index (χ3n) is 2.03. The fourth-order valence-corrected chi connectivity index (χ4v) is 1.23. The smallest absolute Gasteiger partial charge is 0.354 e. The summed E-state index contributed by atoms with van der Waals surface area (Å²) in [4.78, 5) is 10.7. The highest BCUT2D eigenvalue weighted by Crippen LogP contribution is 2.20. The van der Waals surface area contributed by atoms with Crippen LogP contribution in [-0.2, 0) is 0 Å². The molecule has 84 valence electrons. The van der Waals surface area contributed by atoms with Crippen molar-refractivity contribution in [2.24, 2.45) is 5.73 Å². The zero-order chi connectivity index (χ0) is 11.4. The Morgan fingerprint density at radius 3 is 2.80 bits per heavy atom. The van der Waals surface area contributed by atoms with E-state index in [1.807, 2.05) is 0 Å². The van der Waals surface area contributed by atoms with Crippen molar-refractivity contribution >= 4 is 5.97 Å². The number of carboxylic acid groups (broad SMARTS) is 1. The zero-order valence-electron chi connectivity index (χ0n) is 7.92. The normalized spacial score (nSPS) is 14.9. The maximum Gasteiger partial charge on any atom is 0.354 e. The van der Waals surface area contributed by atoms with Gasteiger partial charge in [-0.25, -0.2) is 4.79 Å². The van der Waals surface area contributed by atoms with Crippen molar-refractivity contribution in [1.82, 2.24) is 10.2 Å². The van der Waals surface area contributed by atoms with Crippen LogP contribution < -0.4 is 5.73 Å². The molecular weight excluding hydrogens is 202 g/mol. The molecule has 15 heavy (non-hydrogen) atoms.